The molecule has 10 heteroatoms. The van der Waals surface area contributed by atoms with Gasteiger partial charge < -0.3 is 18.9 Å². The first-order valence-corrected chi connectivity index (χ1v) is 21.1. The maximum absolute atomic E-state index is 12.9. The van der Waals surface area contributed by atoms with E-state index in [2.05, 4.69) is 0 Å². The van der Waals surface area contributed by atoms with Crippen LogP contribution in [0.5, 0.6) is 0 Å². The molecule has 6 aromatic carbocycles. The highest BCUT2D eigenvalue weighted by Crippen LogP contribution is 2.48. The number of hydrogen-bond donors (Lipinski definition) is 0. The van der Waals surface area contributed by atoms with Crippen LogP contribution in [-0.4, -0.2) is 62.9 Å². The minimum Gasteiger partial charge on any atom is -0.465 e. The first kappa shape index (κ1) is 41.0. The Kier molecular flexibility index (Phi) is 14.2. The van der Waals surface area contributed by atoms with E-state index in [0.717, 1.165) is 31.8 Å². The van der Waals surface area contributed by atoms with Gasteiger partial charge in [0.15, 0.2) is 10.6 Å². The summed E-state index contributed by atoms with van der Waals surface area (Å²) in [6.07, 6.45) is 0. The standard InChI is InChI=1S/2C23H21O4P/c2*1-26-22(24)21(23(25)27-2)28(18-12-6-3-7-13-18,19-14-8-4-9-15-19)20-16-10-5-11-17-20/h2*3-17H,1-2H3. The van der Waals surface area contributed by atoms with Crippen LogP contribution in [0.1, 0.15) is 0 Å². The van der Waals surface area contributed by atoms with Gasteiger partial charge in [0, 0.05) is 0 Å². The monoisotopic (exact) mass is 784 g/mol. The molecule has 6 rings (SSSR count). The number of carbonyl (C=O) groups is 4. The molecule has 284 valence electrons. The molecule has 0 saturated heterocycles. The Morgan fingerprint density at radius 1 is 0.286 bits per heavy atom. The third-order valence-corrected chi connectivity index (χ3v) is 17.6. The van der Waals surface area contributed by atoms with E-state index in [4.69, 9.17) is 18.9 Å². The predicted molar refractivity (Wildman–Crippen MR) is 228 cm³/mol. The van der Waals surface area contributed by atoms with Gasteiger partial charge in [0.2, 0.25) is 0 Å². The van der Waals surface area contributed by atoms with E-state index in [1.54, 1.807) is 0 Å². The van der Waals surface area contributed by atoms with Crippen LogP contribution in [0.4, 0.5) is 0 Å². The molecule has 0 spiro atoms. The molecular formula is C46H42O8P2. The highest BCUT2D eigenvalue weighted by molar-refractivity contribution is 7.98. The smallest absolute Gasteiger partial charge is 0.346 e. The van der Waals surface area contributed by atoms with Gasteiger partial charge in [0.1, 0.15) is 0 Å². The molecule has 0 amide bonds. The number of carbonyl (C=O) groups excluding carboxylic acids is 4. The second-order valence-electron chi connectivity index (χ2n) is 12.0. The molecule has 0 saturated carbocycles. The van der Waals surface area contributed by atoms with E-state index >= 15 is 0 Å². The zero-order valence-electron chi connectivity index (χ0n) is 31.5. The average molecular weight is 785 g/mol. The summed E-state index contributed by atoms with van der Waals surface area (Å²) in [5, 5.41) is 5.27. The molecule has 0 fully saturated rings. The molecule has 56 heavy (non-hydrogen) atoms. The molecule has 0 aromatic heterocycles. The highest BCUT2D eigenvalue weighted by Gasteiger charge is 2.39. The van der Waals surface area contributed by atoms with E-state index < -0.39 is 37.6 Å². The maximum Gasteiger partial charge on any atom is 0.346 e. The number of esters is 4. The predicted octanol–water partition coefficient (Wildman–Crippen LogP) is 5.00. The van der Waals surface area contributed by atoms with Crippen LogP contribution in [0.2, 0.25) is 0 Å². The van der Waals surface area contributed by atoms with Gasteiger partial charge in [-0.15, -0.1) is 0 Å². The molecule has 0 aliphatic heterocycles. The number of benzene rings is 6. The average Bonchev–Trinajstić information content (AvgIpc) is 3.28. The normalized spacial score (nSPS) is 10.8. The summed E-state index contributed by atoms with van der Waals surface area (Å²) in [4.78, 5) is 51.8. The summed E-state index contributed by atoms with van der Waals surface area (Å²) < 4.78 is 20.2. The van der Waals surface area contributed by atoms with Gasteiger partial charge in [-0.05, 0) is 45.6 Å². The van der Waals surface area contributed by atoms with Crippen molar-refractivity contribution < 1.29 is 38.1 Å². The second kappa shape index (κ2) is 19.4. The van der Waals surface area contributed by atoms with Crippen molar-refractivity contribution >= 4 is 80.1 Å². The van der Waals surface area contributed by atoms with Crippen LogP contribution in [0.25, 0.3) is 0 Å². The minimum atomic E-state index is -2.84. The summed E-state index contributed by atoms with van der Waals surface area (Å²) in [7, 11) is 5.11. The lowest BCUT2D eigenvalue weighted by molar-refractivity contribution is -0.139. The number of hydrogen-bond acceptors (Lipinski definition) is 8. The molecule has 0 heterocycles. The summed E-state index contributed by atoms with van der Waals surface area (Å²) in [6, 6.07) is 57.6. The van der Waals surface area contributed by atoms with E-state index in [1.165, 1.54) is 28.4 Å². The van der Waals surface area contributed by atoms with Gasteiger partial charge in [0.25, 0.3) is 0 Å². The Balaban J connectivity index is 0.000000214. The Bertz CT molecular complexity index is 1950. The quantitative estimate of drug-likeness (QED) is 0.0829. The fourth-order valence-electron chi connectivity index (χ4n) is 6.68. The maximum atomic E-state index is 12.9. The van der Waals surface area contributed by atoms with E-state index in [-0.39, 0.29) is 10.6 Å². The van der Waals surface area contributed by atoms with Crippen molar-refractivity contribution in [3.63, 3.8) is 0 Å². The number of ether oxygens (including phenoxy) is 4. The largest absolute Gasteiger partial charge is 0.465 e. The third-order valence-electron chi connectivity index (χ3n) is 9.05. The molecule has 0 aliphatic rings. The van der Waals surface area contributed by atoms with Crippen molar-refractivity contribution in [1.82, 2.24) is 0 Å². The van der Waals surface area contributed by atoms with Gasteiger partial charge in [-0.2, -0.15) is 0 Å². The molecule has 0 aliphatic carbocycles. The first-order chi connectivity index (χ1) is 27.3. The summed E-state index contributed by atoms with van der Waals surface area (Å²) in [6.45, 7) is -5.68. The van der Waals surface area contributed by atoms with Crippen molar-refractivity contribution in [2.45, 2.75) is 0 Å². The lowest BCUT2D eigenvalue weighted by Crippen LogP contribution is -2.38. The van der Waals surface area contributed by atoms with Crippen molar-refractivity contribution in [2.75, 3.05) is 28.4 Å². The van der Waals surface area contributed by atoms with Crippen molar-refractivity contribution in [2.24, 2.45) is 0 Å². The van der Waals surface area contributed by atoms with Gasteiger partial charge >= 0.3 is 23.9 Å². The van der Waals surface area contributed by atoms with Crippen molar-refractivity contribution in [3.05, 3.63) is 182 Å². The van der Waals surface area contributed by atoms with E-state index in [0.29, 0.717) is 0 Å². The van der Waals surface area contributed by atoms with Gasteiger partial charge in [-0.3, -0.25) is 0 Å². The fourth-order valence-corrected chi connectivity index (χ4v) is 15.2. The molecule has 0 atom stereocenters. The molecule has 8 nitrogen and oxygen atoms in total. The van der Waals surface area contributed by atoms with E-state index in [1.807, 2.05) is 182 Å². The zero-order chi connectivity index (χ0) is 40.0. The minimum absolute atomic E-state index is 0.0149. The van der Waals surface area contributed by atoms with Gasteiger partial charge in [-0.25, -0.2) is 19.2 Å². The summed E-state index contributed by atoms with van der Waals surface area (Å²) in [5.41, 5.74) is 0. The van der Waals surface area contributed by atoms with Crippen LogP contribution in [0.3, 0.4) is 0 Å². The Morgan fingerprint density at radius 2 is 0.429 bits per heavy atom. The number of rotatable bonds is 10. The fraction of sp³-hybridized carbons (Fsp3) is 0.0870. The summed E-state index contributed by atoms with van der Waals surface area (Å²) in [5.74, 6) is -2.73. The number of methoxy groups -OCH3 is 4. The van der Waals surface area contributed by atoms with Crippen LogP contribution >= 0.6 is 13.8 Å². The third kappa shape index (κ3) is 8.08. The second-order valence-corrected chi connectivity index (χ2v) is 18.7. The SMILES string of the molecule is COC(=O)C(C(=O)OC)=P(c1ccccc1)(c1ccccc1)c1ccccc1.COC(=O)C(C(=O)OC)=P(c1ccccc1)(c1ccccc1)c1ccccc1. The Hall–Kier alpha value is -6.20. The van der Waals surface area contributed by atoms with Crippen LogP contribution in [0.15, 0.2) is 182 Å². The van der Waals surface area contributed by atoms with Crippen molar-refractivity contribution in [1.29, 1.82) is 0 Å². The van der Waals surface area contributed by atoms with Crippen LogP contribution in [0, 0.1) is 0 Å². The topological polar surface area (TPSA) is 105 Å². The molecule has 0 radical (unpaired) electrons. The zero-order valence-corrected chi connectivity index (χ0v) is 33.3. The van der Waals surface area contributed by atoms with Crippen LogP contribution < -0.4 is 31.8 Å². The first-order valence-electron chi connectivity index (χ1n) is 17.5. The van der Waals surface area contributed by atoms with Crippen molar-refractivity contribution in [3.8, 4) is 0 Å². The molecule has 6 aromatic rings. The lowest BCUT2D eigenvalue weighted by atomic mass is 10.3. The highest BCUT2D eigenvalue weighted by atomic mass is 31.2. The Labute approximate surface area is 327 Å². The summed E-state index contributed by atoms with van der Waals surface area (Å²) >= 11 is 0. The van der Waals surface area contributed by atoms with Crippen LogP contribution in [-0.2, 0) is 38.1 Å². The molecule has 0 unspecified atom stereocenters. The lowest BCUT2D eigenvalue weighted by Gasteiger charge is -2.30. The molecule has 0 N–H and O–H groups in total. The van der Waals surface area contributed by atoms with E-state index in [9.17, 15) is 19.2 Å². The molecule has 0 bridgehead atoms. The van der Waals surface area contributed by atoms with Gasteiger partial charge in [0.05, 0.1) is 28.4 Å². The molecular weight excluding hydrogens is 742 g/mol. The Morgan fingerprint density at radius 3 is 0.554 bits per heavy atom. The van der Waals surface area contributed by atoms with Gasteiger partial charge in [-0.1, -0.05) is 182 Å².